The fraction of sp³-hybridized carbons (Fsp3) is 0.600. The van der Waals surface area contributed by atoms with E-state index in [1.165, 1.54) is 32.1 Å². The van der Waals surface area contributed by atoms with Gasteiger partial charge in [-0.1, -0.05) is 49.8 Å². The first-order valence-electron chi connectivity index (χ1n) is 7.51. The van der Waals surface area contributed by atoms with Gasteiger partial charge in [0.2, 0.25) is 10.0 Å². The average Bonchev–Trinajstić information content (AvgIpc) is 2.48. The quantitative estimate of drug-likeness (QED) is 0.842. The Labute approximate surface area is 132 Å². The Bertz CT molecular complexity index is 569. The van der Waals surface area contributed by atoms with Crippen molar-refractivity contribution in [1.82, 2.24) is 4.72 Å². The van der Waals surface area contributed by atoms with Crippen LogP contribution in [0.4, 0.5) is 0 Å². The smallest absolute Gasteiger partial charge is 0.242 e. The highest BCUT2D eigenvalue weighted by molar-refractivity contribution is 7.89. The maximum Gasteiger partial charge on any atom is 0.242 e. The van der Waals surface area contributed by atoms with E-state index in [1.54, 1.807) is 18.2 Å². The van der Waals surface area contributed by atoms with Gasteiger partial charge in [-0.2, -0.15) is 0 Å². The maximum atomic E-state index is 12.3. The zero-order valence-electron chi connectivity index (χ0n) is 12.1. The number of hydrogen-bond acceptors (Lipinski definition) is 3. The van der Waals surface area contributed by atoms with E-state index in [0.29, 0.717) is 19.0 Å². The van der Waals surface area contributed by atoms with Crippen molar-refractivity contribution in [3.8, 4) is 0 Å². The summed E-state index contributed by atoms with van der Waals surface area (Å²) in [6.45, 7) is 0.762. The maximum absolute atomic E-state index is 12.3. The summed E-state index contributed by atoms with van der Waals surface area (Å²) in [7, 11) is -3.56. The van der Waals surface area contributed by atoms with Gasteiger partial charge in [-0.05, 0) is 30.0 Å². The number of sulfonamides is 1. The van der Waals surface area contributed by atoms with Crippen LogP contribution in [0.5, 0.6) is 0 Å². The van der Waals surface area contributed by atoms with Crippen LogP contribution in [0.25, 0.3) is 0 Å². The molecule has 3 N–H and O–H groups in total. The fourth-order valence-electron chi connectivity index (χ4n) is 2.83. The number of rotatable bonds is 6. The lowest BCUT2D eigenvalue weighted by atomic mass is 9.87. The first-order valence-corrected chi connectivity index (χ1v) is 9.37. The number of nitrogens with one attached hydrogen (secondary N) is 1. The Kier molecular flexibility index (Phi) is 6.05. The Morgan fingerprint density at radius 1 is 1.24 bits per heavy atom. The van der Waals surface area contributed by atoms with E-state index >= 15 is 0 Å². The summed E-state index contributed by atoms with van der Waals surface area (Å²) in [6.07, 6.45) is 7.16. The molecular formula is C15H23ClN2O2S. The van der Waals surface area contributed by atoms with Crippen LogP contribution < -0.4 is 10.5 Å². The summed E-state index contributed by atoms with van der Waals surface area (Å²) < 4.78 is 27.3. The van der Waals surface area contributed by atoms with Crippen molar-refractivity contribution < 1.29 is 8.42 Å². The standard InChI is InChI=1S/C15H23ClN2O2S/c16-14-7-6-13(11-17)10-15(14)21(19,20)18-9-8-12-4-2-1-3-5-12/h6-7,10,12,18H,1-5,8-9,11,17H2. The predicted molar refractivity (Wildman–Crippen MR) is 85.7 cm³/mol. The number of hydrogen-bond donors (Lipinski definition) is 2. The summed E-state index contributed by atoms with van der Waals surface area (Å²) in [4.78, 5) is 0.121. The minimum absolute atomic E-state index is 0.121. The molecule has 1 aliphatic rings. The van der Waals surface area contributed by atoms with Crippen LogP contribution >= 0.6 is 11.6 Å². The fourth-order valence-corrected chi connectivity index (χ4v) is 4.43. The summed E-state index contributed by atoms with van der Waals surface area (Å²) >= 11 is 6.01. The minimum Gasteiger partial charge on any atom is -0.326 e. The van der Waals surface area contributed by atoms with Gasteiger partial charge in [-0.15, -0.1) is 0 Å². The van der Waals surface area contributed by atoms with Gasteiger partial charge < -0.3 is 5.73 Å². The van der Waals surface area contributed by atoms with E-state index in [9.17, 15) is 8.42 Å². The summed E-state index contributed by atoms with van der Waals surface area (Å²) in [5, 5.41) is 0.234. The third kappa shape index (κ3) is 4.68. The first kappa shape index (κ1) is 16.7. The highest BCUT2D eigenvalue weighted by Gasteiger charge is 2.19. The molecule has 0 radical (unpaired) electrons. The lowest BCUT2D eigenvalue weighted by Gasteiger charge is -2.21. The zero-order chi connectivity index (χ0) is 15.3. The van der Waals surface area contributed by atoms with Crippen molar-refractivity contribution in [1.29, 1.82) is 0 Å². The molecule has 0 saturated heterocycles. The molecule has 118 valence electrons. The van der Waals surface area contributed by atoms with Gasteiger partial charge in [-0.25, -0.2) is 13.1 Å². The highest BCUT2D eigenvalue weighted by atomic mass is 35.5. The van der Waals surface area contributed by atoms with Crippen LogP contribution in [0.1, 0.15) is 44.1 Å². The predicted octanol–water partition coefficient (Wildman–Crippen LogP) is 3.05. The van der Waals surface area contributed by atoms with E-state index in [2.05, 4.69) is 4.72 Å². The topological polar surface area (TPSA) is 72.2 Å². The van der Waals surface area contributed by atoms with Crippen LogP contribution in [-0.2, 0) is 16.6 Å². The Balaban J connectivity index is 1.97. The minimum atomic E-state index is -3.56. The molecule has 0 amide bonds. The monoisotopic (exact) mass is 330 g/mol. The third-order valence-corrected chi connectivity index (χ3v) is 6.03. The Hall–Kier alpha value is -0.620. The van der Waals surface area contributed by atoms with Crippen LogP contribution in [0.2, 0.25) is 5.02 Å². The zero-order valence-corrected chi connectivity index (χ0v) is 13.7. The van der Waals surface area contributed by atoms with Gasteiger partial charge in [0, 0.05) is 13.1 Å². The number of benzene rings is 1. The normalized spacial score (nSPS) is 17.0. The summed E-state index contributed by atoms with van der Waals surface area (Å²) in [6, 6.07) is 4.87. The Morgan fingerprint density at radius 3 is 2.62 bits per heavy atom. The SMILES string of the molecule is NCc1ccc(Cl)c(S(=O)(=O)NCCC2CCCCC2)c1. The van der Waals surface area contributed by atoms with E-state index in [0.717, 1.165) is 12.0 Å². The van der Waals surface area contributed by atoms with Gasteiger partial charge in [0.25, 0.3) is 0 Å². The second-order valence-electron chi connectivity index (χ2n) is 5.66. The molecule has 1 aliphatic carbocycles. The molecule has 1 saturated carbocycles. The second-order valence-corrected chi connectivity index (χ2v) is 7.80. The van der Waals surface area contributed by atoms with Crippen molar-refractivity contribution in [2.45, 2.75) is 50.0 Å². The first-order chi connectivity index (χ1) is 10.0. The largest absolute Gasteiger partial charge is 0.326 e. The number of nitrogens with two attached hydrogens (primary N) is 1. The van der Waals surface area contributed by atoms with E-state index in [4.69, 9.17) is 17.3 Å². The highest BCUT2D eigenvalue weighted by Crippen LogP contribution is 2.26. The van der Waals surface area contributed by atoms with Crippen LogP contribution in [-0.4, -0.2) is 15.0 Å². The molecule has 1 fully saturated rings. The molecule has 1 aromatic rings. The lowest BCUT2D eigenvalue weighted by molar-refractivity contribution is 0.339. The molecule has 2 rings (SSSR count). The molecular weight excluding hydrogens is 308 g/mol. The van der Waals surface area contributed by atoms with Crippen molar-refractivity contribution in [2.75, 3.05) is 6.54 Å². The van der Waals surface area contributed by atoms with Crippen molar-refractivity contribution in [3.63, 3.8) is 0 Å². The molecule has 0 aromatic heterocycles. The van der Waals surface area contributed by atoms with Gasteiger partial charge in [0.05, 0.1) is 5.02 Å². The Morgan fingerprint density at radius 2 is 1.95 bits per heavy atom. The lowest BCUT2D eigenvalue weighted by Crippen LogP contribution is -2.27. The van der Waals surface area contributed by atoms with E-state index in [1.807, 2.05) is 0 Å². The molecule has 0 heterocycles. The van der Waals surface area contributed by atoms with Crippen LogP contribution in [0, 0.1) is 5.92 Å². The van der Waals surface area contributed by atoms with Gasteiger partial charge >= 0.3 is 0 Å². The van der Waals surface area contributed by atoms with Gasteiger partial charge in [-0.3, -0.25) is 0 Å². The average molecular weight is 331 g/mol. The molecule has 0 bridgehead atoms. The van der Waals surface area contributed by atoms with Gasteiger partial charge in [0.1, 0.15) is 4.90 Å². The van der Waals surface area contributed by atoms with E-state index in [-0.39, 0.29) is 9.92 Å². The molecule has 0 spiro atoms. The molecule has 1 aromatic carbocycles. The molecule has 4 nitrogen and oxygen atoms in total. The van der Waals surface area contributed by atoms with Crippen molar-refractivity contribution in [3.05, 3.63) is 28.8 Å². The molecule has 21 heavy (non-hydrogen) atoms. The molecule has 0 aliphatic heterocycles. The van der Waals surface area contributed by atoms with Crippen molar-refractivity contribution >= 4 is 21.6 Å². The van der Waals surface area contributed by atoms with Gasteiger partial charge in [0.15, 0.2) is 0 Å². The van der Waals surface area contributed by atoms with E-state index < -0.39 is 10.0 Å². The second kappa shape index (κ2) is 7.58. The molecule has 0 atom stereocenters. The summed E-state index contributed by atoms with van der Waals surface area (Å²) in [5.74, 6) is 0.646. The van der Waals surface area contributed by atoms with Crippen LogP contribution in [0.3, 0.4) is 0 Å². The molecule has 0 unspecified atom stereocenters. The summed E-state index contributed by atoms with van der Waals surface area (Å²) in [5.41, 5.74) is 6.31. The number of halogens is 1. The third-order valence-electron chi connectivity index (χ3n) is 4.09. The van der Waals surface area contributed by atoms with Crippen LogP contribution in [0.15, 0.2) is 23.1 Å². The van der Waals surface area contributed by atoms with Crippen molar-refractivity contribution in [2.24, 2.45) is 11.7 Å². The molecule has 6 heteroatoms.